The number of halogens is 1. The number of aromatic nitrogens is 5. The summed E-state index contributed by atoms with van der Waals surface area (Å²) in [5.41, 5.74) is 2.66. The Kier molecular flexibility index (Phi) is 2.60. The van der Waals surface area contributed by atoms with Gasteiger partial charge >= 0.3 is 0 Å². The Labute approximate surface area is 113 Å². The van der Waals surface area contributed by atoms with E-state index in [1.807, 2.05) is 13.8 Å². The Hall–Kier alpha value is -2.21. The first-order valence-electron chi connectivity index (χ1n) is 5.65. The van der Waals surface area contributed by atoms with E-state index in [2.05, 4.69) is 20.2 Å². The molecule has 0 saturated carbocycles. The molecule has 0 fully saturated rings. The predicted octanol–water partition coefficient (Wildman–Crippen LogP) is 1.75. The Morgan fingerprint density at radius 1 is 1.32 bits per heavy atom. The average molecular weight is 276 g/mol. The number of rotatable bonds is 1. The first-order valence-corrected chi connectivity index (χ1v) is 6.02. The number of pyridine rings is 1. The smallest absolute Gasteiger partial charge is 0.248 e. The summed E-state index contributed by atoms with van der Waals surface area (Å²) in [6.07, 6.45) is 1.57. The van der Waals surface area contributed by atoms with E-state index in [0.29, 0.717) is 22.2 Å². The van der Waals surface area contributed by atoms with Gasteiger partial charge < -0.3 is 4.98 Å². The maximum atomic E-state index is 11.4. The fourth-order valence-electron chi connectivity index (χ4n) is 1.95. The highest BCUT2D eigenvalue weighted by Crippen LogP contribution is 2.23. The Morgan fingerprint density at radius 2 is 2.11 bits per heavy atom. The Balaban J connectivity index is 2.40. The van der Waals surface area contributed by atoms with Crippen LogP contribution >= 0.6 is 11.6 Å². The van der Waals surface area contributed by atoms with Gasteiger partial charge in [-0.15, -0.1) is 10.2 Å². The minimum atomic E-state index is -0.191. The normalized spacial score (nSPS) is 11.1. The molecule has 19 heavy (non-hydrogen) atoms. The third kappa shape index (κ3) is 1.80. The van der Waals surface area contributed by atoms with Gasteiger partial charge in [-0.1, -0.05) is 11.6 Å². The lowest BCUT2D eigenvalue weighted by molar-refractivity contribution is 0.999. The average Bonchev–Trinajstić information content (AvgIpc) is 2.81. The zero-order valence-electron chi connectivity index (χ0n) is 10.3. The van der Waals surface area contributed by atoms with Crippen LogP contribution in [0.15, 0.2) is 23.1 Å². The lowest BCUT2D eigenvalue weighted by atomic mass is 10.2. The van der Waals surface area contributed by atoms with E-state index in [0.717, 1.165) is 11.4 Å². The molecular weight excluding hydrogens is 266 g/mol. The van der Waals surface area contributed by atoms with E-state index < -0.39 is 0 Å². The molecule has 3 aromatic rings. The molecular formula is C12H10ClN5O. The summed E-state index contributed by atoms with van der Waals surface area (Å²) in [7, 11) is 0. The minimum Gasteiger partial charge on any atom is -0.329 e. The van der Waals surface area contributed by atoms with Crippen LogP contribution in [0.25, 0.3) is 17.0 Å². The van der Waals surface area contributed by atoms with Gasteiger partial charge in [0, 0.05) is 23.5 Å². The fraction of sp³-hybridized carbons (Fsp3) is 0.167. The third-order valence-corrected chi connectivity index (χ3v) is 3.26. The second-order valence-corrected chi connectivity index (χ2v) is 4.56. The van der Waals surface area contributed by atoms with Crippen LogP contribution < -0.4 is 5.56 Å². The molecule has 0 bridgehead atoms. The van der Waals surface area contributed by atoms with Crippen molar-refractivity contribution >= 4 is 17.2 Å². The van der Waals surface area contributed by atoms with Crippen LogP contribution in [-0.2, 0) is 0 Å². The van der Waals surface area contributed by atoms with E-state index in [1.54, 1.807) is 16.7 Å². The number of aryl methyl sites for hydroxylation is 2. The molecule has 96 valence electrons. The van der Waals surface area contributed by atoms with Crippen molar-refractivity contribution in [3.05, 3.63) is 45.2 Å². The summed E-state index contributed by atoms with van der Waals surface area (Å²) in [5.74, 6) is 0.575. The summed E-state index contributed by atoms with van der Waals surface area (Å²) >= 11 is 6.06. The number of aromatic amines is 1. The maximum Gasteiger partial charge on any atom is 0.248 e. The molecule has 3 rings (SSSR count). The highest BCUT2D eigenvalue weighted by atomic mass is 35.5. The number of nitrogens with zero attached hydrogens (tertiary/aromatic N) is 4. The molecule has 0 aliphatic heterocycles. The van der Waals surface area contributed by atoms with Gasteiger partial charge in [0.1, 0.15) is 0 Å². The van der Waals surface area contributed by atoms with E-state index in [9.17, 15) is 4.79 Å². The number of H-pyrrole nitrogens is 1. The molecule has 6 nitrogen and oxygen atoms in total. The molecule has 3 heterocycles. The molecule has 0 amide bonds. The quantitative estimate of drug-likeness (QED) is 0.734. The monoisotopic (exact) mass is 275 g/mol. The summed E-state index contributed by atoms with van der Waals surface area (Å²) in [6, 6.07) is 3.24. The molecule has 0 atom stereocenters. The van der Waals surface area contributed by atoms with Crippen LogP contribution in [0, 0.1) is 13.8 Å². The standard InChI is InChI=1S/C12H10ClN5O/c1-6-7(2)18-11(8-3-4-14-9(19)5-8)16-17-12(18)10(13)15-6/h3-5H,1-2H3,(H,14,19). The Morgan fingerprint density at radius 3 is 2.84 bits per heavy atom. The van der Waals surface area contributed by atoms with E-state index in [1.165, 1.54) is 6.07 Å². The van der Waals surface area contributed by atoms with Crippen LogP contribution in [0.2, 0.25) is 5.15 Å². The SMILES string of the molecule is Cc1nc(Cl)c2nnc(-c3cc[nH]c(=O)c3)n2c1C. The molecule has 7 heteroatoms. The maximum absolute atomic E-state index is 11.4. The van der Waals surface area contributed by atoms with Crippen molar-refractivity contribution in [2.45, 2.75) is 13.8 Å². The summed E-state index contributed by atoms with van der Waals surface area (Å²) in [6.45, 7) is 3.77. The van der Waals surface area contributed by atoms with Crippen molar-refractivity contribution in [1.29, 1.82) is 0 Å². The lowest BCUT2D eigenvalue weighted by Crippen LogP contribution is -2.05. The topological polar surface area (TPSA) is 75.9 Å². The molecule has 0 aromatic carbocycles. The zero-order valence-corrected chi connectivity index (χ0v) is 11.1. The van der Waals surface area contributed by atoms with E-state index >= 15 is 0 Å². The van der Waals surface area contributed by atoms with Gasteiger partial charge in [-0.05, 0) is 19.9 Å². The highest BCUT2D eigenvalue weighted by molar-refractivity contribution is 6.32. The second-order valence-electron chi connectivity index (χ2n) is 4.20. The largest absolute Gasteiger partial charge is 0.329 e. The number of hydrogen-bond acceptors (Lipinski definition) is 4. The predicted molar refractivity (Wildman–Crippen MR) is 71.3 cm³/mol. The minimum absolute atomic E-state index is 0.191. The summed E-state index contributed by atoms with van der Waals surface area (Å²) in [5, 5.41) is 8.44. The number of nitrogens with one attached hydrogen (secondary N) is 1. The van der Waals surface area contributed by atoms with Gasteiger partial charge in [-0.2, -0.15) is 0 Å². The van der Waals surface area contributed by atoms with Gasteiger partial charge in [0.25, 0.3) is 0 Å². The van der Waals surface area contributed by atoms with Crippen LogP contribution in [0.3, 0.4) is 0 Å². The molecule has 3 aromatic heterocycles. The fourth-order valence-corrected chi connectivity index (χ4v) is 2.20. The van der Waals surface area contributed by atoms with Crippen molar-refractivity contribution in [2.75, 3.05) is 0 Å². The third-order valence-electron chi connectivity index (χ3n) is 3.01. The van der Waals surface area contributed by atoms with Gasteiger partial charge in [0.2, 0.25) is 5.56 Å². The first kappa shape index (κ1) is 11.9. The van der Waals surface area contributed by atoms with E-state index in [-0.39, 0.29) is 5.56 Å². The molecule has 1 N–H and O–H groups in total. The van der Waals surface area contributed by atoms with E-state index in [4.69, 9.17) is 11.6 Å². The van der Waals surface area contributed by atoms with Crippen molar-refractivity contribution in [3.8, 4) is 11.4 Å². The highest BCUT2D eigenvalue weighted by Gasteiger charge is 2.15. The van der Waals surface area contributed by atoms with Crippen LogP contribution in [0.5, 0.6) is 0 Å². The first-order chi connectivity index (χ1) is 9.08. The molecule has 0 aliphatic rings. The lowest BCUT2D eigenvalue weighted by Gasteiger charge is -2.06. The van der Waals surface area contributed by atoms with Crippen molar-refractivity contribution in [1.82, 2.24) is 24.6 Å². The van der Waals surface area contributed by atoms with Crippen molar-refractivity contribution < 1.29 is 0 Å². The summed E-state index contributed by atoms with van der Waals surface area (Å²) < 4.78 is 1.80. The van der Waals surface area contributed by atoms with Gasteiger partial charge in [-0.3, -0.25) is 9.20 Å². The van der Waals surface area contributed by atoms with Crippen LogP contribution in [0.1, 0.15) is 11.4 Å². The molecule has 0 saturated heterocycles. The van der Waals surface area contributed by atoms with Crippen LogP contribution in [0.4, 0.5) is 0 Å². The number of hydrogen-bond donors (Lipinski definition) is 1. The second kappa shape index (κ2) is 4.17. The van der Waals surface area contributed by atoms with Gasteiger partial charge in [0.05, 0.1) is 5.69 Å². The zero-order chi connectivity index (χ0) is 13.6. The van der Waals surface area contributed by atoms with Crippen molar-refractivity contribution in [3.63, 3.8) is 0 Å². The Bertz CT molecular complexity index is 836. The molecule has 0 spiro atoms. The summed E-state index contributed by atoms with van der Waals surface area (Å²) in [4.78, 5) is 18.2. The van der Waals surface area contributed by atoms with Gasteiger partial charge in [0.15, 0.2) is 16.6 Å². The molecule has 0 unspecified atom stereocenters. The van der Waals surface area contributed by atoms with Gasteiger partial charge in [-0.25, -0.2) is 4.98 Å². The van der Waals surface area contributed by atoms with Crippen molar-refractivity contribution in [2.24, 2.45) is 0 Å². The number of fused-ring (bicyclic) bond motifs is 1. The van der Waals surface area contributed by atoms with Crippen LogP contribution in [-0.4, -0.2) is 24.6 Å². The molecule has 0 radical (unpaired) electrons. The molecule has 0 aliphatic carbocycles.